The molecule has 1 aromatic heterocycles. The molecule has 0 radical (unpaired) electrons. The average Bonchev–Trinajstić information content (AvgIpc) is 2.99. The second-order valence-electron chi connectivity index (χ2n) is 6.39. The van der Waals surface area contributed by atoms with Gasteiger partial charge >= 0.3 is 0 Å². The van der Waals surface area contributed by atoms with Gasteiger partial charge in [0.05, 0.1) is 24.6 Å². The Morgan fingerprint density at radius 2 is 1.96 bits per heavy atom. The van der Waals surface area contributed by atoms with Crippen LogP contribution in [0.1, 0.15) is 16.1 Å². The van der Waals surface area contributed by atoms with Crippen molar-refractivity contribution in [2.45, 2.75) is 6.92 Å². The number of carbonyl (C=O) groups is 1. The Morgan fingerprint density at radius 3 is 2.77 bits per heavy atom. The molecule has 5 nitrogen and oxygen atoms in total. The highest BCUT2D eigenvalue weighted by molar-refractivity contribution is 6.09. The topological polar surface area (TPSA) is 57.4 Å². The molecule has 4 rings (SSSR count). The summed E-state index contributed by atoms with van der Waals surface area (Å²) in [4.78, 5) is 18.1. The van der Waals surface area contributed by atoms with Crippen LogP contribution in [-0.4, -0.2) is 37.2 Å². The first kappa shape index (κ1) is 16.6. The van der Waals surface area contributed by atoms with Crippen molar-refractivity contribution in [1.82, 2.24) is 4.98 Å². The highest BCUT2D eigenvalue weighted by Crippen LogP contribution is 2.28. The van der Waals surface area contributed by atoms with Crippen LogP contribution in [-0.2, 0) is 4.74 Å². The molecule has 1 aliphatic rings. The number of para-hydroxylation sites is 2. The second kappa shape index (κ2) is 6.80. The number of benzene rings is 2. The number of aromatic nitrogens is 1. The quantitative estimate of drug-likeness (QED) is 0.755. The molecule has 2 heterocycles. The summed E-state index contributed by atoms with van der Waals surface area (Å²) in [6.45, 7) is 4.75. The Balaban J connectivity index is 1.64. The smallest absolute Gasteiger partial charge is 0.272 e. The number of amides is 1. The molecule has 2 aromatic carbocycles. The number of hydrogen-bond donors (Lipinski definition) is 2. The molecule has 1 fully saturated rings. The van der Waals surface area contributed by atoms with E-state index in [0.717, 1.165) is 40.9 Å². The molecule has 2 N–H and O–H groups in total. The molecule has 0 bridgehead atoms. The number of aryl methyl sites for hydroxylation is 1. The van der Waals surface area contributed by atoms with Crippen molar-refractivity contribution in [3.05, 3.63) is 59.5 Å². The van der Waals surface area contributed by atoms with E-state index < -0.39 is 0 Å². The molecule has 1 amide bonds. The number of carbonyl (C=O) groups excluding carboxylic acids is 1. The molecule has 1 saturated heterocycles. The third-order valence-electron chi connectivity index (χ3n) is 4.75. The van der Waals surface area contributed by atoms with Gasteiger partial charge < -0.3 is 19.9 Å². The van der Waals surface area contributed by atoms with Gasteiger partial charge in [0.1, 0.15) is 11.5 Å². The van der Waals surface area contributed by atoms with Crippen molar-refractivity contribution in [2.75, 3.05) is 36.5 Å². The summed E-state index contributed by atoms with van der Waals surface area (Å²) in [5, 5.41) is 3.71. The largest absolute Gasteiger partial charge is 0.378 e. The van der Waals surface area contributed by atoms with E-state index in [-0.39, 0.29) is 11.7 Å². The molecule has 134 valence electrons. The predicted molar refractivity (Wildman–Crippen MR) is 100 cm³/mol. The van der Waals surface area contributed by atoms with Gasteiger partial charge in [-0.3, -0.25) is 4.79 Å². The zero-order valence-electron chi connectivity index (χ0n) is 14.5. The maximum absolute atomic E-state index is 13.5. The lowest BCUT2D eigenvalue weighted by atomic mass is 10.1. The third kappa shape index (κ3) is 3.04. The van der Waals surface area contributed by atoms with Gasteiger partial charge in [-0.15, -0.1) is 0 Å². The number of aromatic amines is 1. The van der Waals surface area contributed by atoms with Crippen LogP contribution in [0.5, 0.6) is 0 Å². The number of hydrogen-bond acceptors (Lipinski definition) is 3. The van der Waals surface area contributed by atoms with Crippen molar-refractivity contribution >= 4 is 28.2 Å². The van der Waals surface area contributed by atoms with Crippen molar-refractivity contribution in [3.8, 4) is 0 Å². The van der Waals surface area contributed by atoms with E-state index in [1.807, 2.05) is 31.2 Å². The van der Waals surface area contributed by atoms with Crippen molar-refractivity contribution in [1.29, 1.82) is 0 Å². The highest BCUT2D eigenvalue weighted by Gasteiger charge is 2.19. The molecule has 0 saturated carbocycles. The van der Waals surface area contributed by atoms with Crippen LogP contribution < -0.4 is 10.2 Å². The molecule has 0 spiro atoms. The van der Waals surface area contributed by atoms with Crippen LogP contribution in [0, 0.1) is 12.7 Å². The Bertz CT molecular complexity index is 961. The van der Waals surface area contributed by atoms with Gasteiger partial charge in [0.15, 0.2) is 0 Å². The van der Waals surface area contributed by atoms with E-state index >= 15 is 0 Å². The molecular formula is C20H20FN3O2. The summed E-state index contributed by atoms with van der Waals surface area (Å²) in [5.74, 6) is -0.552. The Morgan fingerprint density at radius 1 is 1.19 bits per heavy atom. The van der Waals surface area contributed by atoms with Gasteiger partial charge in [0.25, 0.3) is 5.91 Å². The second-order valence-corrected chi connectivity index (χ2v) is 6.39. The van der Waals surface area contributed by atoms with E-state index in [9.17, 15) is 9.18 Å². The Kier molecular flexibility index (Phi) is 4.34. The van der Waals surface area contributed by atoms with E-state index in [4.69, 9.17) is 4.74 Å². The average molecular weight is 353 g/mol. The van der Waals surface area contributed by atoms with Crippen LogP contribution in [0.3, 0.4) is 0 Å². The zero-order valence-corrected chi connectivity index (χ0v) is 14.5. The normalized spacial score (nSPS) is 14.6. The number of anilines is 2. The standard InChI is InChI=1S/C20H20FN3O2/c1-13-15-12-14(21)6-7-16(15)22-19(13)20(25)23-17-4-2-3-5-18(17)24-8-10-26-11-9-24/h2-7,12,22H,8-11H2,1H3,(H,23,25). The molecule has 0 unspecified atom stereocenters. The summed E-state index contributed by atoms with van der Waals surface area (Å²) in [6, 6.07) is 12.2. The summed E-state index contributed by atoms with van der Waals surface area (Å²) < 4.78 is 18.9. The van der Waals surface area contributed by atoms with Gasteiger partial charge in [-0.25, -0.2) is 4.39 Å². The number of morpholine rings is 1. The van der Waals surface area contributed by atoms with Gasteiger partial charge in [0, 0.05) is 24.0 Å². The molecule has 3 aromatic rings. The fraction of sp³-hybridized carbons (Fsp3) is 0.250. The van der Waals surface area contributed by atoms with Crippen LogP contribution in [0.4, 0.5) is 15.8 Å². The first-order valence-electron chi connectivity index (χ1n) is 8.64. The lowest BCUT2D eigenvalue weighted by molar-refractivity contribution is 0.102. The van der Waals surface area contributed by atoms with E-state index in [0.29, 0.717) is 18.9 Å². The van der Waals surface area contributed by atoms with Crippen LogP contribution >= 0.6 is 0 Å². The third-order valence-corrected chi connectivity index (χ3v) is 4.75. The van der Waals surface area contributed by atoms with Crippen molar-refractivity contribution in [2.24, 2.45) is 0 Å². The van der Waals surface area contributed by atoms with Gasteiger partial charge in [-0.2, -0.15) is 0 Å². The number of H-pyrrole nitrogens is 1. The van der Waals surface area contributed by atoms with Crippen LogP contribution in [0.25, 0.3) is 10.9 Å². The molecule has 0 atom stereocenters. The fourth-order valence-corrected chi connectivity index (χ4v) is 3.37. The van der Waals surface area contributed by atoms with Crippen molar-refractivity contribution < 1.29 is 13.9 Å². The van der Waals surface area contributed by atoms with E-state index in [1.165, 1.54) is 12.1 Å². The van der Waals surface area contributed by atoms with Crippen LogP contribution in [0.2, 0.25) is 0 Å². The maximum Gasteiger partial charge on any atom is 0.272 e. The number of nitrogens with zero attached hydrogens (tertiary/aromatic N) is 1. The predicted octanol–water partition coefficient (Wildman–Crippen LogP) is 3.70. The number of ether oxygens (including phenoxy) is 1. The monoisotopic (exact) mass is 353 g/mol. The first-order chi connectivity index (χ1) is 12.6. The first-order valence-corrected chi connectivity index (χ1v) is 8.64. The number of fused-ring (bicyclic) bond motifs is 1. The number of halogens is 1. The lowest BCUT2D eigenvalue weighted by Crippen LogP contribution is -2.36. The van der Waals surface area contributed by atoms with Gasteiger partial charge in [-0.05, 0) is 42.8 Å². The summed E-state index contributed by atoms with van der Waals surface area (Å²) in [7, 11) is 0. The minimum absolute atomic E-state index is 0.236. The fourth-order valence-electron chi connectivity index (χ4n) is 3.37. The van der Waals surface area contributed by atoms with Gasteiger partial charge in [0.2, 0.25) is 0 Å². The van der Waals surface area contributed by atoms with Crippen molar-refractivity contribution in [3.63, 3.8) is 0 Å². The molecule has 0 aliphatic carbocycles. The van der Waals surface area contributed by atoms with E-state index in [1.54, 1.807) is 6.07 Å². The van der Waals surface area contributed by atoms with Gasteiger partial charge in [-0.1, -0.05) is 12.1 Å². The molecule has 6 heteroatoms. The number of rotatable bonds is 3. The molecule has 26 heavy (non-hydrogen) atoms. The Hall–Kier alpha value is -2.86. The minimum atomic E-state index is -0.316. The lowest BCUT2D eigenvalue weighted by Gasteiger charge is -2.30. The maximum atomic E-state index is 13.5. The zero-order chi connectivity index (χ0) is 18.1. The SMILES string of the molecule is Cc1c(C(=O)Nc2ccccc2N2CCOCC2)[nH]c2ccc(F)cc12. The highest BCUT2D eigenvalue weighted by atomic mass is 19.1. The summed E-state index contributed by atoms with van der Waals surface area (Å²) in [5.41, 5.74) is 3.66. The summed E-state index contributed by atoms with van der Waals surface area (Å²) in [6.07, 6.45) is 0. The summed E-state index contributed by atoms with van der Waals surface area (Å²) >= 11 is 0. The van der Waals surface area contributed by atoms with E-state index in [2.05, 4.69) is 15.2 Å². The molecular weight excluding hydrogens is 333 g/mol. The number of nitrogens with one attached hydrogen (secondary N) is 2. The Labute approximate surface area is 150 Å². The molecule has 1 aliphatic heterocycles. The van der Waals surface area contributed by atoms with Crippen LogP contribution in [0.15, 0.2) is 42.5 Å². The minimum Gasteiger partial charge on any atom is -0.378 e.